The number of piperidine rings is 1. The fraction of sp³-hybridized carbons (Fsp3) is 0.273. The molecular formula is C22H23N5O. The van der Waals surface area contributed by atoms with Gasteiger partial charge in [0.1, 0.15) is 0 Å². The molecule has 0 spiro atoms. The van der Waals surface area contributed by atoms with Crippen molar-refractivity contribution in [1.29, 1.82) is 0 Å². The van der Waals surface area contributed by atoms with Crippen molar-refractivity contribution in [3.05, 3.63) is 72.6 Å². The van der Waals surface area contributed by atoms with E-state index in [0.29, 0.717) is 13.1 Å². The van der Waals surface area contributed by atoms with E-state index < -0.39 is 0 Å². The van der Waals surface area contributed by atoms with Crippen LogP contribution in [-0.2, 0) is 11.3 Å². The number of carbonyl (C=O) groups is 1. The van der Waals surface area contributed by atoms with Crippen LogP contribution in [-0.4, -0.2) is 34.2 Å². The lowest BCUT2D eigenvalue weighted by atomic mass is 9.97. The number of nitrogens with one attached hydrogen (secondary N) is 1. The summed E-state index contributed by atoms with van der Waals surface area (Å²) in [6.07, 6.45) is 5.38. The van der Waals surface area contributed by atoms with E-state index in [2.05, 4.69) is 25.4 Å². The van der Waals surface area contributed by atoms with E-state index in [4.69, 9.17) is 0 Å². The quantitative estimate of drug-likeness (QED) is 0.744. The molecule has 1 saturated heterocycles. The van der Waals surface area contributed by atoms with Crippen LogP contribution in [0.15, 0.2) is 67.0 Å². The second-order valence-electron chi connectivity index (χ2n) is 7.01. The van der Waals surface area contributed by atoms with Crippen LogP contribution in [0.4, 0.5) is 5.82 Å². The molecule has 142 valence electrons. The molecule has 1 aliphatic rings. The zero-order chi connectivity index (χ0) is 19.2. The van der Waals surface area contributed by atoms with Crippen LogP contribution >= 0.6 is 0 Å². The molecule has 1 fully saturated rings. The van der Waals surface area contributed by atoms with Crippen LogP contribution in [0.1, 0.15) is 18.4 Å². The molecule has 0 saturated carbocycles. The number of benzene rings is 1. The number of hydrogen-bond acceptors (Lipinski definition) is 5. The highest BCUT2D eigenvalue weighted by atomic mass is 16.1. The fourth-order valence-corrected chi connectivity index (χ4v) is 3.49. The number of anilines is 1. The second-order valence-corrected chi connectivity index (χ2v) is 7.01. The number of carbonyl (C=O) groups excluding carboxylic acids is 1. The first-order chi connectivity index (χ1) is 13.8. The first kappa shape index (κ1) is 18.1. The van der Waals surface area contributed by atoms with Gasteiger partial charge in [0.2, 0.25) is 5.91 Å². The number of aromatic nitrogens is 3. The van der Waals surface area contributed by atoms with Gasteiger partial charge in [0, 0.05) is 37.6 Å². The van der Waals surface area contributed by atoms with E-state index in [9.17, 15) is 4.79 Å². The Labute approximate surface area is 164 Å². The van der Waals surface area contributed by atoms with Gasteiger partial charge in [-0.15, -0.1) is 10.2 Å². The van der Waals surface area contributed by atoms with Crippen molar-refractivity contribution in [2.24, 2.45) is 5.92 Å². The number of nitrogens with zero attached hydrogens (tertiary/aromatic N) is 4. The maximum atomic E-state index is 12.6. The second kappa shape index (κ2) is 8.61. The van der Waals surface area contributed by atoms with Crippen LogP contribution in [0.5, 0.6) is 0 Å². The molecule has 1 aliphatic heterocycles. The summed E-state index contributed by atoms with van der Waals surface area (Å²) in [7, 11) is 0. The summed E-state index contributed by atoms with van der Waals surface area (Å²) in [4.78, 5) is 18.9. The summed E-state index contributed by atoms with van der Waals surface area (Å²) in [5.74, 6) is 0.888. The summed E-state index contributed by atoms with van der Waals surface area (Å²) in [6, 6.07) is 17.8. The maximum Gasteiger partial charge on any atom is 0.225 e. The summed E-state index contributed by atoms with van der Waals surface area (Å²) >= 11 is 0. The van der Waals surface area contributed by atoms with Gasteiger partial charge >= 0.3 is 0 Å². The highest BCUT2D eigenvalue weighted by Gasteiger charge is 2.26. The van der Waals surface area contributed by atoms with Gasteiger partial charge in [0.05, 0.1) is 11.6 Å². The molecule has 3 aromatic rings. The van der Waals surface area contributed by atoms with Crippen LogP contribution in [0.3, 0.4) is 0 Å². The van der Waals surface area contributed by atoms with E-state index in [-0.39, 0.29) is 11.8 Å². The molecular weight excluding hydrogens is 350 g/mol. The predicted molar refractivity (Wildman–Crippen MR) is 108 cm³/mol. The van der Waals surface area contributed by atoms with Crippen LogP contribution < -0.4 is 10.2 Å². The molecule has 0 aliphatic carbocycles. The Bertz CT molecular complexity index is 899. The van der Waals surface area contributed by atoms with Crippen molar-refractivity contribution in [3.63, 3.8) is 0 Å². The van der Waals surface area contributed by atoms with Crippen molar-refractivity contribution in [2.75, 3.05) is 18.0 Å². The van der Waals surface area contributed by atoms with E-state index in [1.165, 1.54) is 0 Å². The average molecular weight is 373 g/mol. The lowest BCUT2D eigenvalue weighted by Crippen LogP contribution is -2.43. The van der Waals surface area contributed by atoms with Crippen molar-refractivity contribution in [3.8, 4) is 11.3 Å². The van der Waals surface area contributed by atoms with Gasteiger partial charge in [-0.1, -0.05) is 30.3 Å². The van der Waals surface area contributed by atoms with Gasteiger partial charge in [-0.25, -0.2) is 0 Å². The van der Waals surface area contributed by atoms with Gasteiger partial charge < -0.3 is 10.2 Å². The summed E-state index contributed by atoms with van der Waals surface area (Å²) in [5, 5.41) is 11.8. The third kappa shape index (κ3) is 4.34. The van der Waals surface area contributed by atoms with E-state index >= 15 is 0 Å². The van der Waals surface area contributed by atoms with Gasteiger partial charge in [-0.2, -0.15) is 0 Å². The first-order valence-electron chi connectivity index (χ1n) is 9.60. The predicted octanol–water partition coefficient (Wildman–Crippen LogP) is 3.07. The molecule has 6 heteroatoms. The molecule has 2 aromatic heterocycles. The molecule has 0 radical (unpaired) electrons. The van der Waals surface area contributed by atoms with E-state index in [1.54, 1.807) is 12.4 Å². The van der Waals surface area contributed by atoms with Crippen LogP contribution in [0, 0.1) is 5.92 Å². The number of amides is 1. The standard InChI is InChI=1S/C22H23N5O/c28-22(24-14-17-6-2-1-3-7-17)19-9-5-13-27(16-19)21-11-10-20(25-26-21)18-8-4-12-23-15-18/h1-4,6-8,10-12,15,19H,5,9,13-14,16H2,(H,24,28). The maximum absolute atomic E-state index is 12.6. The van der Waals surface area contributed by atoms with Gasteiger partial charge in [0.25, 0.3) is 0 Å². The van der Waals surface area contributed by atoms with Crippen molar-refractivity contribution >= 4 is 11.7 Å². The highest BCUT2D eigenvalue weighted by molar-refractivity contribution is 5.79. The molecule has 28 heavy (non-hydrogen) atoms. The number of rotatable bonds is 5. The van der Waals surface area contributed by atoms with Crippen molar-refractivity contribution in [1.82, 2.24) is 20.5 Å². The third-order valence-corrected chi connectivity index (χ3v) is 5.03. The molecule has 1 atom stereocenters. The fourth-order valence-electron chi connectivity index (χ4n) is 3.49. The smallest absolute Gasteiger partial charge is 0.225 e. The van der Waals surface area contributed by atoms with Crippen molar-refractivity contribution in [2.45, 2.75) is 19.4 Å². The Balaban J connectivity index is 1.37. The summed E-state index contributed by atoms with van der Waals surface area (Å²) < 4.78 is 0. The molecule has 4 rings (SSSR count). The zero-order valence-corrected chi connectivity index (χ0v) is 15.7. The molecule has 3 heterocycles. The summed E-state index contributed by atoms with van der Waals surface area (Å²) in [5.41, 5.74) is 2.85. The molecule has 1 aromatic carbocycles. The minimum Gasteiger partial charge on any atom is -0.354 e. The first-order valence-corrected chi connectivity index (χ1v) is 9.60. The molecule has 1 unspecified atom stereocenters. The Morgan fingerprint density at radius 1 is 1.07 bits per heavy atom. The van der Waals surface area contributed by atoms with E-state index in [0.717, 1.165) is 42.0 Å². The molecule has 0 bridgehead atoms. The van der Waals surface area contributed by atoms with Gasteiger partial charge in [0.15, 0.2) is 5.82 Å². The molecule has 6 nitrogen and oxygen atoms in total. The topological polar surface area (TPSA) is 71.0 Å². The molecule has 1 amide bonds. The van der Waals surface area contributed by atoms with Gasteiger partial charge in [-0.3, -0.25) is 9.78 Å². The van der Waals surface area contributed by atoms with Crippen LogP contribution in [0.2, 0.25) is 0 Å². The average Bonchev–Trinajstić information content (AvgIpc) is 2.79. The highest BCUT2D eigenvalue weighted by Crippen LogP contribution is 2.23. The summed E-state index contributed by atoms with van der Waals surface area (Å²) in [6.45, 7) is 2.13. The minimum absolute atomic E-state index is 0.0303. The normalized spacial score (nSPS) is 16.6. The Morgan fingerprint density at radius 3 is 2.71 bits per heavy atom. The number of hydrogen-bond donors (Lipinski definition) is 1. The van der Waals surface area contributed by atoms with Gasteiger partial charge in [-0.05, 0) is 42.7 Å². The Hall–Kier alpha value is -3.28. The van der Waals surface area contributed by atoms with Crippen molar-refractivity contribution < 1.29 is 4.79 Å². The minimum atomic E-state index is -0.0303. The van der Waals surface area contributed by atoms with Crippen LogP contribution in [0.25, 0.3) is 11.3 Å². The molecule has 1 N–H and O–H groups in total. The Morgan fingerprint density at radius 2 is 1.96 bits per heavy atom. The monoisotopic (exact) mass is 373 g/mol. The van der Waals surface area contributed by atoms with E-state index in [1.807, 2.05) is 54.6 Å². The zero-order valence-electron chi connectivity index (χ0n) is 15.7. The SMILES string of the molecule is O=C(NCc1ccccc1)C1CCCN(c2ccc(-c3cccnc3)nn2)C1. The largest absolute Gasteiger partial charge is 0.354 e. The lowest BCUT2D eigenvalue weighted by molar-refractivity contribution is -0.125. The Kier molecular flexibility index (Phi) is 5.56. The number of pyridine rings is 1. The third-order valence-electron chi connectivity index (χ3n) is 5.03. The lowest BCUT2D eigenvalue weighted by Gasteiger charge is -2.32.